The van der Waals surface area contributed by atoms with Gasteiger partial charge in [-0.25, -0.2) is 0 Å². The van der Waals surface area contributed by atoms with Crippen molar-refractivity contribution in [1.29, 1.82) is 0 Å². The van der Waals surface area contributed by atoms with Crippen molar-refractivity contribution >= 4 is 35.4 Å². The summed E-state index contributed by atoms with van der Waals surface area (Å²) in [4.78, 5) is 52.4. The first kappa shape index (κ1) is 20.3. The second-order valence-electron chi connectivity index (χ2n) is 8.50. The number of hydrogen-bond acceptors (Lipinski definition) is 5. The summed E-state index contributed by atoms with van der Waals surface area (Å²) in [6.07, 6.45) is 0.248. The van der Waals surface area contributed by atoms with Gasteiger partial charge in [0, 0.05) is 16.2 Å². The molecule has 0 bridgehead atoms. The van der Waals surface area contributed by atoms with Crippen molar-refractivity contribution in [2.45, 2.75) is 54.9 Å². The standard InChI is InChI=1S/C23H22N2O4S/c1-23(2,3)13-7-9-14(10-8-13)30-17-6-4-5-15-19(17)22(29)25(21(15)28)16-11-12-18(26)24-20(16)27/h4-10,16H,11-12H2,1-3H3,(H,24,26,27). The molecule has 7 heteroatoms. The van der Waals surface area contributed by atoms with Crippen LogP contribution >= 0.6 is 11.8 Å². The molecule has 1 fully saturated rings. The molecule has 1 saturated heterocycles. The largest absolute Gasteiger partial charge is 0.295 e. The predicted octanol–water partition coefficient (Wildman–Crippen LogP) is 3.54. The lowest BCUT2D eigenvalue weighted by Crippen LogP contribution is -2.54. The van der Waals surface area contributed by atoms with Crippen LogP contribution in [0.25, 0.3) is 0 Å². The van der Waals surface area contributed by atoms with Gasteiger partial charge in [0.25, 0.3) is 11.8 Å². The molecular formula is C23H22N2O4S. The molecule has 154 valence electrons. The molecule has 30 heavy (non-hydrogen) atoms. The minimum atomic E-state index is -0.959. The minimum Gasteiger partial charge on any atom is -0.295 e. The van der Waals surface area contributed by atoms with Crippen LogP contribution in [0.15, 0.2) is 52.3 Å². The Morgan fingerprint density at radius 1 is 0.967 bits per heavy atom. The SMILES string of the molecule is CC(C)(C)c1ccc(Sc2cccc3c2C(=O)N(C2CCC(=O)NC2=O)C3=O)cc1. The molecular weight excluding hydrogens is 400 g/mol. The fraction of sp³-hybridized carbons (Fsp3) is 0.304. The van der Waals surface area contributed by atoms with Crippen LogP contribution in [0, 0.1) is 0 Å². The van der Waals surface area contributed by atoms with Crippen molar-refractivity contribution in [3.05, 3.63) is 59.2 Å². The van der Waals surface area contributed by atoms with Gasteiger partial charge in [-0.15, -0.1) is 0 Å². The lowest BCUT2D eigenvalue weighted by molar-refractivity contribution is -0.136. The van der Waals surface area contributed by atoms with E-state index in [-0.39, 0.29) is 24.2 Å². The van der Waals surface area contributed by atoms with Gasteiger partial charge in [-0.3, -0.25) is 29.4 Å². The molecule has 1 atom stereocenters. The summed E-state index contributed by atoms with van der Waals surface area (Å²) in [6, 6.07) is 12.3. The molecule has 2 aliphatic heterocycles. The number of imide groups is 2. The summed E-state index contributed by atoms with van der Waals surface area (Å²) in [5.74, 6) is -1.97. The van der Waals surface area contributed by atoms with Gasteiger partial charge >= 0.3 is 0 Å². The molecule has 4 rings (SSSR count). The van der Waals surface area contributed by atoms with Crippen molar-refractivity contribution < 1.29 is 19.2 Å². The van der Waals surface area contributed by atoms with Gasteiger partial charge in [-0.05, 0) is 41.7 Å². The predicted molar refractivity (Wildman–Crippen MR) is 112 cm³/mol. The van der Waals surface area contributed by atoms with E-state index in [1.165, 1.54) is 17.3 Å². The number of nitrogens with zero attached hydrogens (tertiary/aromatic N) is 1. The Labute approximate surface area is 179 Å². The summed E-state index contributed by atoms with van der Waals surface area (Å²) in [5, 5.41) is 2.22. The Hall–Kier alpha value is -2.93. The fourth-order valence-electron chi connectivity index (χ4n) is 3.72. The minimum absolute atomic E-state index is 0.0437. The highest BCUT2D eigenvalue weighted by Crippen LogP contribution is 2.38. The Morgan fingerprint density at radius 3 is 2.30 bits per heavy atom. The quantitative estimate of drug-likeness (QED) is 0.765. The number of benzene rings is 2. The highest BCUT2D eigenvalue weighted by molar-refractivity contribution is 7.99. The monoisotopic (exact) mass is 422 g/mol. The van der Waals surface area contributed by atoms with Crippen LogP contribution in [-0.2, 0) is 15.0 Å². The summed E-state index contributed by atoms with van der Waals surface area (Å²) in [6.45, 7) is 6.44. The zero-order valence-corrected chi connectivity index (χ0v) is 17.8. The number of piperidine rings is 1. The van der Waals surface area contributed by atoms with Crippen LogP contribution in [0.3, 0.4) is 0 Å². The molecule has 0 aromatic heterocycles. The number of hydrogen-bond donors (Lipinski definition) is 1. The first-order valence-electron chi connectivity index (χ1n) is 9.80. The molecule has 2 aliphatic rings. The van der Waals surface area contributed by atoms with Crippen LogP contribution in [0.4, 0.5) is 0 Å². The van der Waals surface area contributed by atoms with E-state index in [1.54, 1.807) is 18.2 Å². The summed E-state index contributed by atoms with van der Waals surface area (Å²) >= 11 is 1.41. The highest BCUT2D eigenvalue weighted by Gasteiger charge is 2.45. The van der Waals surface area contributed by atoms with Crippen molar-refractivity contribution in [3.8, 4) is 0 Å². The van der Waals surface area contributed by atoms with Gasteiger partial charge in [-0.2, -0.15) is 0 Å². The van der Waals surface area contributed by atoms with Crippen molar-refractivity contribution in [2.75, 3.05) is 0 Å². The van der Waals surface area contributed by atoms with Gasteiger partial charge in [0.2, 0.25) is 11.8 Å². The first-order chi connectivity index (χ1) is 14.2. The van der Waals surface area contributed by atoms with Gasteiger partial charge in [0.15, 0.2) is 0 Å². The van der Waals surface area contributed by atoms with Crippen molar-refractivity contribution in [3.63, 3.8) is 0 Å². The Morgan fingerprint density at radius 2 is 1.67 bits per heavy atom. The maximum atomic E-state index is 13.2. The number of carbonyl (C=O) groups is 4. The van der Waals surface area contributed by atoms with Gasteiger partial charge < -0.3 is 0 Å². The maximum Gasteiger partial charge on any atom is 0.263 e. The van der Waals surface area contributed by atoms with Gasteiger partial charge in [0.05, 0.1) is 11.1 Å². The van der Waals surface area contributed by atoms with E-state index < -0.39 is 23.8 Å². The second-order valence-corrected chi connectivity index (χ2v) is 9.62. The van der Waals surface area contributed by atoms with E-state index >= 15 is 0 Å². The average Bonchev–Trinajstić information content (AvgIpc) is 2.93. The Balaban J connectivity index is 1.63. The molecule has 6 nitrogen and oxygen atoms in total. The molecule has 2 heterocycles. The van der Waals surface area contributed by atoms with E-state index in [0.717, 1.165) is 9.80 Å². The molecule has 2 aromatic rings. The normalized spacial score (nSPS) is 19.2. The molecule has 0 saturated carbocycles. The molecule has 0 spiro atoms. The topological polar surface area (TPSA) is 83.6 Å². The number of fused-ring (bicyclic) bond motifs is 1. The summed E-state index contributed by atoms with van der Waals surface area (Å²) < 4.78 is 0. The number of rotatable bonds is 3. The van der Waals surface area contributed by atoms with E-state index in [0.29, 0.717) is 16.0 Å². The second kappa shape index (κ2) is 7.40. The number of nitrogens with one attached hydrogen (secondary N) is 1. The van der Waals surface area contributed by atoms with E-state index in [1.807, 2.05) is 12.1 Å². The lowest BCUT2D eigenvalue weighted by Gasteiger charge is -2.27. The summed E-state index contributed by atoms with van der Waals surface area (Å²) in [5.41, 5.74) is 1.86. The molecule has 0 aliphatic carbocycles. The lowest BCUT2D eigenvalue weighted by atomic mass is 9.87. The third-order valence-electron chi connectivity index (χ3n) is 5.38. The zero-order chi connectivity index (χ0) is 21.6. The van der Waals surface area contributed by atoms with Crippen LogP contribution in [0.2, 0.25) is 0 Å². The number of carbonyl (C=O) groups excluding carboxylic acids is 4. The molecule has 1 unspecified atom stereocenters. The first-order valence-corrected chi connectivity index (χ1v) is 10.6. The van der Waals surface area contributed by atoms with Crippen LogP contribution in [-0.4, -0.2) is 34.6 Å². The molecule has 4 amide bonds. The third-order valence-corrected chi connectivity index (χ3v) is 6.45. The molecule has 2 aromatic carbocycles. The van der Waals surface area contributed by atoms with E-state index in [4.69, 9.17) is 0 Å². The van der Waals surface area contributed by atoms with Crippen LogP contribution < -0.4 is 5.32 Å². The number of amides is 4. The van der Waals surface area contributed by atoms with Crippen molar-refractivity contribution in [2.24, 2.45) is 0 Å². The average molecular weight is 423 g/mol. The van der Waals surface area contributed by atoms with Gasteiger partial charge in [0.1, 0.15) is 6.04 Å². The summed E-state index contributed by atoms with van der Waals surface area (Å²) in [7, 11) is 0. The zero-order valence-electron chi connectivity index (χ0n) is 17.0. The van der Waals surface area contributed by atoms with Crippen molar-refractivity contribution in [1.82, 2.24) is 10.2 Å². The molecule has 0 radical (unpaired) electrons. The Kier molecular flexibility index (Phi) is 5.02. The van der Waals surface area contributed by atoms with Gasteiger partial charge in [-0.1, -0.05) is 50.7 Å². The molecule has 1 N–H and O–H groups in total. The van der Waals surface area contributed by atoms with E-state index in [2.05, 4.69) is 38.2 Å². The fourth-order valence-corrected chi connectivity index (χ4v) is 4.69. The smallest absolute Gasteiger partial charge is 0.263 e. The van der Waals surface area contributed by atoms with E-state index in [9.17, 15) is 19.2 Å². The van der Waals surface area contributed by atoms with Crippen LogP contribution in [0.5, 0.6) is 0 Å². The maximum absolute atomic E-state index is 13.2. The van der Waals surface area contributed by atoms with Crippen LogP contribution in [0.1, 0.15) is 59.9 Å². The highest BCUT2D eigenvalue weighted by atomic mass is 32.2. The third kappa shape index (κ3) is 3.54. The Bertz CT molecular complexity index is 1070.